The normalized spacial score (nSPS) is 22.2. The first kappa shape index (κ1) is 11.7. The van der Waals surface area contributed by atoms with Crippen molar-refractivity contribution in [2.24, 2.45) is 5.92 Å². The summed E-state index contributed by atoms with van der Waals surface area (Å²) in [6, 6.07) is 1.79. The first-order chi connectivity index (χ1) is 7.59. The van der Waals surface area contributed by atoms with Crippen LogP contribution in [0.5, 0.6) is 0 Å². The van der Waals surface area contributed by atoms with Gasteiger partial charge in [0, 0.05) is 29.2 Å². The van der Waals surface area contributed by atoms with E-state index in [4.69, 9.17) is 9.84 Å². The second-order valence-electron chi connectivity index (χ2n) is 4.12. The van der Waals surface area contributed by atoms with Crippen molar-refractivity contribution >= 4 is 21.9 Å². The number of carbonyl (C=O) groups is 1. The molecule has 0 amide bonds. The third-order valence-electron chi connectivity index (χ3n) is 3.12. The molecule has 2 heterocycles. The molecule has 2 unspecified atom stereocenters. The summed E-state index contributed by atoms with van der Waals surface area (Å²) in [5.41, 5.74) is 0.325. The number of hydrogen-bond donors (Lipinski definition) is 1. The summed E-state index contributed by atoms with van der Waals surface area (Å²) < 4.78 is 7.95. The Morgan fingerprint density at radius 3 is 3.06 bits per heavy atom. The van der Waals surface area contributed by atoms with Crippen molar-refractivity contribution in [3.05, 3.63) is 22.4 Å². The Morgan fingerprint density at radius 2 is 2.50 bits per heavy atom. The van der Waals surface area contributed by atoms with Gasteiger partial charge in [0.05, 0.1) is 6.61 Å². The molecule has 2 atom stereocenters. The van der Waals surface area contributed by atoms with E-state index in [1.807, 2.05) is 17.7 Å². The van der Waals surface area contributed by atoms with Crippen LogP contribution in [0.3, 0.4) is 0 Å². The van der Waals surface area contributed by atoms with Crippen LogP contribution in [-0.2, 0) is 4.74 Å². The van der Waals surface area contributed by atoms with Crippen molar-refractivity contribution in [3.8, 4) is 0 Å². The van der Waals surface area contributed by atoms with Gasteiger partial charge in [-0.2, -0.15) is 0 Å². The van der Waals surface area contributed by atoms with Crippen molar-refractivity contribution in [1.82, 2.24) is 4.57 Å². The van der Waals surface area contributed by atoms with E-state index in [1.165, 1.54) is 0 Å². The number of aromatic nitrogens is 1. The van der Waals surface area contributed by atoms with Crippen molar-refractivity contribution < 1.29 is 14.6 Å². The van der Waals surface area contributed by atoms with Crippen molar-refractivity contribution in [2.75, 3.05) is 13.2 Å². The Bertz CT molecular complexity index is 396. The van der Waals surface area contributed by atoms with Crippen LogP contribution in [0.2, 0.25) is 0 Å². The minimum absolute atomic E-state index is 0.153. The minimum atomic E-state index is -0.892. The van der Waals surface area contributed by atoms with E-state index in [0.717, 1.165) is 24.1 Å². The zero-order valence-corrected chi connectivity index (χ0v) is 10.6. The van der Waals surface area contributed by atoms with Gasteiger partial charge >= 0.3 is 5.97 Å². The Labute approximate surface area is 102 Å². The number of rotatable bonds is 3. The van der Waals surface area contributed by atoms with Gasteiger partial charge in [0.25, 0.3) is 0 Å². The van der Waals surface area contributed by atoms with Crippen LogP contribution in [0, 0.1) is 5.92 Å². The highest BCUT2D eigenvalue weighted by atomic mass is 79.9. The topological polar surface area (TPSA) is 51.5 Å². The molecule has 1 fully saturated rings. The van der Waals surface area contributed by atoms with Gasteiger partial charge in [0.2, 0.25) is 0 Å². The Hall–Kier alpha value is -0.810. The number of nitrogens with zero attached hydrogens (tertiary/aromatic N) is 1. The molecule has 0 aromatic carbocycles. The first-order valence-corrected chi connectivity index (χ1v) is 6.07. The fourth-order valence-electron chi connectivity index (χ4n) is 2.11. The SMILES string of the molecule is CC(C1CCOC1)n1cc(Br)cc1C(=O)O. The summed E-state index contributed by atoms with van der Waals surface area (Å²) in [6.45, 7) is 3.54. The molecular weight excluding hydrogens is 274 g/mol. The summed E-state index contributed by atoms with van der Waals surface area (Å²) in [6.07, 6.45) is 2.82. The quantitative estimate of drug-likeness (QED) is 0.930. The van der Waals surface area contributed by atoms with Crippen LogP contribution in [0.15, 0.2) is 16.7 Å². The van der Waals surface area contributed by atoms with Crippen LogP contribution in [0.25, 0.3) is 0 Å². The van der Waals surface area contributed by atoms with Crippen LogP contribution >= 0.6 is 15.9 Å². The molecule has 1 saturated heterocycles. The fourth-order valence-corrected chi connectivity index (χ4v) is 2.55. The average Bonchev–Trinajstić information content (AvgIpc) is 2.84. The Balaban J connectivity index is 2.27. The molecule has 1 N–H and O–H groups in total. The van der Waals surface area contributed by atoms with Crippen LogP contribution in [0.1, 0.15) is 29.9 Å². The van der Waals surface area contributed by atoms with Gasteiger partial charge < -0.3 is 14.4 Å². The molecule has 0 bridgehead atoms. The summed E-state index contributed by atoms with van der Waals surface area (Å²) in [7, 11) is 0. The summed E-state index contributed by atoms with van der Waals surface area (Å²) in [5.74, 6) is -0.492. The lowest BCUT2D eigenvalue weighted by atomic mass is 10.0. The molecule has 88 valence electrons. The van der Waals surface area contributed by atoms with E-state index in [-0.39, 0.29) is 6.04 Å². The fraction of sp³-hybridized carbons (Fsp3) is 0.545. The predicted octanol–water partition coefficient (Wildman–Crippen LogP) is 2.55. The maximum Gasteiger partial charge on any atom is 0.352 e. The van der Waals surface area contributed by atoms with E-state index in [2.05, 4.69) is 15.9 Å². The third kappa shape index (κ3) is 2.15. The molecule has 16 heavy (non-hydrogen) atoms. The van der Waals surface area contributed by atoms with E-state index in [1.54, 1.807) is 6.07 Å². The molecule has 1 aromatic heterocycles. The van der Waals surface area contributed by atoms with Crippen LogP contribution in [-0.4, -0.2) is 28.9 Å². The average molecular weight is 288 g/mol. The number of ether oxygens (including phenoxy) is 1. The number of carboxylic acid groups (broad SMARTS) is 1. The lowest BCUT2D eigenvalue weighted by Gasteiger charge is -2.21. The van der Waals surface area contributed by atoms with E-state index >= 15 is 0 Å². The highest BCUT2D eigenvalue weighted by Gasteiger charge is 2.26. The zero-order chi connectivity index (χ0) is 11.7. The summed E-state index contributed by atoms with van der Waals surface area (Å²) in [5, 5.41) is 9.10. The number of halogens is 1. The standard InChI is InChI=1S/C11H14BrNO3/c1-7(8-2-3-16-6-8)13-5-9(12)4-10(13)11(14)15/h4-5,7-8H,2-3,6H2,1H3,(H,14,15). The van der Waals surface area contributed by atoms with E-state index < -0.39 is 5.97 Å². The van der Waals surface area contributed by atoms with Crippen LogP contribution < -0.4 is 0 Å². The Morgan fingerprint density at radius 1 is 1.75 bits per heavy atom. The van der Waals surface area contributed by atoms with Gasteiger partial charge in [0.15, 0.2) is 0 Å². The predicted molar refractivity (Wildman–Crippen MR) is 62.7 cm³/mol. The van der Waals surface area contributed by atoms with Gasteiger partial charge in [-0.25, -0.2) is 4.79 Å². The molecule has 0 spiro atoms. The molecule has 1 aromatic rings. The van der Waals surface area contributed by atoms with Crippen molar-refractivity contribution in [1.29, 1.82) is 0 Å². The molecule has 1 aliphatic rings. The molecule has 0 aliphatic carbocycles. The molecule has 4 nitrogen and oxygen atoms in total. The lowest BCUT2D eigenvalue weighted by Crippen LogP contribution is -2.19. The first-order valence-electron chi connectivity index (χ1n) is 5.28. The van der Waals surface area contributed by atoms with Gasteiger partial charge in [-0.1, -0.05) is 0 Å². The van der Waals surface area contributed by atoms with Gasteiger partial charge in [0.1, 0.15) is 5.69 Å². The second kappa shape index (κ2) is 4.59. The van der Waals surface area contributed by atoms with Crippen molar-refractivity contribution in [2.45, 2.75) is 19.4 Å². The van der Waals surface area contributed by atoms with E-state index in [0.29, 0.717) is 11.6 Å². The maximum atomic E-state index is 11.1. The number of aromatic carboxylic acids is 1. The highest BCUT2D eigenvalue weighted by Crippen LogP contribution is 2.29. The maximum absolute atomic E-state index is 11.1. The smallest absolute Gasteiger partial charge is 0.352 e. The monoisotopic (exact) mass is 287 g/mol. The molecule has 5 heteroatoms. The van der Waals surface area contributed by atoms with E-state index in [9.17, 15) is 4.79 Å². The lowest BCUT2D eigenvalue weighted by molar-refractivity contribution is 0.0680. The van der Waals surface area contributed by atoms with Crippen molar-refractivity contribution in [3.63, 3.8) is 0 Å². The summed E-state index contributed by atoms with van der Waals surface area (Å²) >= 11 is 3.31. The zero-order valence-electron chi connectivity index (χ0n) is 9.02. The minimum Gasteiger partial charge on any atom is -0.477 e. The molecule has 2 rings (SSSR count). The second-order valence-corrected chi connectivity index (χ2v) is 5.04. The third-order valence-corrected chi connectivity index (χ3v) is 3.55. The number of hydrogen-bond acceptors (Lipinski definition) is 2. The highest BCUT2D eigenvalue weighted by molar-refractivity contribution is 9.10. The number of carboxylic acids is 1. The van der Waals surface area contributed by atoms with Gasteiger partial charge in [-0.3, -0.25) is 0 Å². The largest absolute Gasteiger partial charge is 0.477 e. The molecule has 1 aliphatic heterocycles. The Kier molecular flexibility index (Phi) is 3.35. The molecular formula is C11H14BrNO3. The van der Waals surface area contributed by atoms with Gasteiger partial charge in [-0.15, -0.1) is 0 Å². The molecule has 0 saturated carbocycles. The van der Waals surface area contributed by atoms with Crippen LogP contribution in [0.4, 0.5) is 0 Å². The summed E-state index contributed by atoms with van der Waals surface area (Å²) in [4.78, 5) is 11.1. The van der Waals surface area contributed by atoms with Gasteiger partial charge in [-0.05, 0) is 35.3 Å². The molecule has 0 radical (unpaired) electrons.